The Morgan fingerprint density at radius 2 is 2.25 bits per heavy atom. The number of nitro groups is 1. The molecule has 0 aliphatic carbocycles. The van der Waals surface area contributed by atoms with Crippen molar-refractivity contribution < 1.29 is 14.8 Å². The van der Waals surface area contributed by atoms with Crippen molar-refractivity contribution >= 4 is 23.2 Å². The van der Waals surface area contributed by atoms with Crippen molar-refractivity contribution in [3.05, 3.63) is 38.9 Å². The zero-order valence-corrected chi connectivity index (χ0v) is 11.7. The number of hydrogen-bond acceptors (Lipinski definition) is 4. The molecule has 0 aromatic heterocycles. The first-order valence-electron chi connectivity index (χ1n) is 6.31. The van der Waals surface area contributed by atoms with Crippen LogP contribution in [0.25, 0.3) is 0 Å². The number of rotatable bonds is 2. The Morgan fingerprint density at radius 3 is 2.80 bits per heavy atom. The third kappa shape index (κ3) is 2.91. The molecule has 0 bridgehead atoms. The summed E-state index contributed by atoms with van der Waals surface area (Å²) in [6, 6.07) is 3.82. The van der Waals surface area contributed by atoms with E-state index >= 15 is 0 Å². The number of carbonyl (C=O) groups excluding carboxylic acids is 1. The van der Waals surface area contributed by atoms with Crippen LogP contribution < -0.4 is 0 Å². The molecular weight excluding hydrogens is 284 g/mol. The lowest BCUT2D eigenvalue weighted by Crippen LogP contribution is -2.45. The first-order chi connectivity index (χ1) is 9.40. The summed E-state index contributed by atoms with van der Waals surface area (Å²) in [6.45, 7) is 2.78. The molecule has 2 atom stereocenters. The predicted molar refractivity (Wildman–Crippen MR) is 73.8 cm³/mol. The molecule has 2 rings (SSSR count). The Morgan fingerprint density at radius 1 is 1.55 bits per heavy atom. The van der Waals surface area contributed by atoms with Crippen LogP contribution in [0.1, 0.15) is 23.7 Å². The van der Waals surface area contributed by atoms with Crippen molar-refractivity contribution in [1.29, 1.82) is 0 Å². The number of aliphatic hydroxyl groups is 1. The van der Waals surface area contributed by atoms with E-state index in [1.54, 1.807) is 4.90 Å². The Balaban J connectivity index is 2.19. The lowest BCUT2D eigenvalue weighted by atomic mass is 9.96. The summed E-state index contributed by atoms with van der Waals surface area (Å²) in [5.74, 6) is -0.256. The van der Waals surface area contributed by atoms with Crippen molar-refractivity contribution in [3.63, 3.8) is 0 Å². The molecule has 0 spiro atoms. The number of nitro benzene ring substituents is 1. The van der Waals surface area contributed by atoms with E-state index in [1.807, 2.05) is 6.92 Å². The maximum atomic E-state index is 12.3. The summed E-state index contributed by atoms with van der Waals surface area (Å²) < 4.78 is 0. The molecule has 2 unspecified atom stereocenters. The normalized spacial score (nSPS) is 22.6. The maximum Gasteiger partial charge on any atom is 0.270 e. The van der Waals surface area contributed by atoms with Gasteiger partial charge in [-0.2, -0.15) is 0 Å². The van der Waals surface area contributed by atoms with Crippen LogP contribution >= 0.6 is 11.6 Å². The van der Waals surface area contributed by atoms with Gasteiger partial charge in [0.1, 0.15) is 0 Å². The second-order valence-electron chi connectivity index (χ2n) is 5.01. The molecule has 1 aromatic carbocycles. The van der Waals surface area contributed by atoms with Crippen molar-refractivity contribution in [2.75, 3.05) is 13.1 Å². The summed E-state index contributed by atoms with van der Waals surface area (Å²) in [5.41, 5.74) is 0.106. The average molecular weight is 299 g/mol. The highest BCUT2D eigenvalue weighted by atomic mass is 35.5. The minimum atomic E-state index is -0.556. The average Bonchev–Trinajstić information content (AvgIpc) is 2.41. The predicted octanol–water partition coefficient (Wildman–Crippen LogP) is 2.09. The Hall–Kier alpha value is -1.66. The third-order valence-corrected chi connectivity index (χ3v) is 3.85. The van der Waals surface area contributed by atoms with Gasteiger partial charge in [0.25, 0.3) is 11.6 Å². The topological polar surface area (TPSA) is 83.7 Å². The summed E-state index contributed by atoms with van der Waals surface area (Å²) in [5, 5.41) is 20.4. The smallest absolute Gasteiger partial charge is 0.270 e. The number of piperidine rings is 1. The van der Waals surface area contributed by atoms with Gasteiger partial charge in [0.2, 0.25) is 0 Å². The Labute approximate surface area is 121 Å². The van der Waals surface area contributed by atoms with Crippen molar-refractivity contribution in [1.82, 2.24) is 4.90 Å². The van der Waals surface area contributed by atoms with Gasteiger partial charge in [0.15, 0.2) is 0 Å². The highest BCUT2D eigenvalue weighted by Crippen LogP contribution is 2.25. The van der Waals surface area contributed by atoms with Crippen LogP contribution in [-0.4, -0.2) is 40.0 Å². The number of benzene rings is 1. The zero-order chi connectivity index (χ0) is 14.9. The van der Waals surface area contributed by atoms with Crippen LogP contribution in [0.5, 0.6) is 0 Å². The molecule has 1 N–H and O–H groups in total. The first-order valence-corrected chi connectivity index (χ1v) is 6.69. The van der Waals surface area contributed by atoms with E-state index in [0.29, 0.717) is 19.5 Å². The van der Waals surface area contributed by atoms with Gasteiger partial charge in [-0.25, -0.2) is 0 Å². The van der Waals surface area contributed by atoms with E-state index in [2.05, 4.69) is 0 Å². The van der Waals surface area contributed by atoms with Crippen LogP contribution in [0.15, 0.2) is 18.2 Å². The number of non-ortho nitro benzene ring substituents is 1. The van der Waals surface area contributed by atoms with E-state index < -0.39 is 11.0 Å². The van der Waals surface area contributed by atoms with Gasteiger partial charge in [-0.05, 0) is 18.4 Å². The van der Waals surface area contributed by atoms with Gasteiger partial charge in [0.05, 0.1) is 21.6 Å². The molecular formula is C13H15ClN2O4. The van der Waals surface area contributed by atoms with E-state index in [0.717, 1.165) is 0 Å². The van der Waals surface area contributed by atoms with Gasteiger partial charge in [-0.15, -0.1) is 0 Å². The van der Waals surface area contributed by atoms with E-state index in [9.17, 15) is 20.0 Å². The Bertz CT molecular complexity index is 549. The SMILES string of the molecule is CC1CN(C(=O)c2ccc([N+](=O)[O-])cc2Cl)CCC1O. The number of aliphatic hydroxyl groups excluding tert-OH is 1. The first kappa shape index (κ1) is 14.7. The van der Waals surface area contributed by atoms with Crippen LogP contribution in [0, 0.1) is 16.0 Å². The fraction of sp³-hybridized carbons (Fsp3) is 0.462. The summed E-state index contributed by atoms with van der Waals surface area (Å²) >= 11 is 5.95. The number of likely N-dealkylation sites (tertiary alicyclic amines) is 1. The van der Waals surface area contributed by atoms with E-state index in [-0.39, 0.29) is 28.1 Å². The monoisotopic (exact) mass is 298 g/mol. The molecule has 20 heavy (non-hydrogen) atoms. The largest absolute Gasteiger partial charge is 0.393 e. The van der Waals surface area contributed by atoms with Gasteiger partial charge in [-0.3, -0.25) is 14.9 Å². The lowest BCUT2D eigenvalue weighted by molar-refractivity contribution is -0.384. The van der Waals surface area contributed by atoms with Gasteiger partial charge < -0.3 is 10.0 Å². The third-order valence-electron chi connectivity index (χ3n) is 3.54. The number of amides is 1. The number of hydrogen-bond donors (Lipinski definition) is 1. The second-order valence-corrected chi connectivity index (χ2v) is 5.41. The van der Waals surface area contributed by atoms with Gasteiger partial charge in [-0.1, -0.05) is 18.5 Å². The fourth-order valence-corrected chi connectivity index (χ4v) is 2.53. The summed E-state index contributed by atoms with van der Waals surface area (Å²) in [6.07, 6.45) is 0.128. The molecule has 108 valence electrons. The molecule has 7 heteroatoms. The Kier molecular flexibility index (Phi) is 4.25. The molecule has 1 heterocycles. The molecule has 1 amide bonds. The van der Waals surface area contributed by atoms with E-state index in [4.69, 9.17) is 11.6 Å². The maximum absolute atomic E-state index is 12.3. The molecule has 0 radical (unpaired) electrons. The van der Waals surface area contributed by atoms with Crippen LogP contribution in [0.3, 0.4) is 0 Å². The highest BCUT2D eigenvalue weighted by molar-refractivity contribution is 6.34. The summed E-state index contributed by atoms with van der Waals surface area (Å²) in [7, 11) is 0. The molecule has 1 aliphatic heterocycles. The number of halogens is 1. The molecule has 0 saturated carbocycles. The molecule has 1 aromatic rings. The minimum absolute atomic E-state index is 0.00419. The number of nitrogens with zero attached hydrogens (tertiary/aromatic N) is 2. The molecule has 1 fully saturated rings. The molecule has 1 aliphatic rings. The van der Waals surface area contributed by atoms with Gasteiger partial charge in [0, 0.05) is 25.2 Å². The van der Waals surface area contributed by atoms with Gasteiger partial charge >= 0.3 is 0 Å². The lowest BCUT2D eigenvalue weighted by Gasteiger charge is -2.34. The molecule has 6 nitrogen and oxygen atoms in total. The number of carbonyl (C=O) groups is 1. The highest BCUT2D eigenvalue weighted by Gasteiger charge is 2.29. The zero-order valence-electron chi connectivity index (χ0n) is 11.0. The fourth-order valence-electron chi connectivity index (χ4n) is 2.28. The standard InChI is InChI=1S/C13H15ClN2O4/c1-8-7-15(5-4-12(8)17)13(18)10-3-2-9(16(19)20)6-11(10)14/h2-3,6,8,12,17H,4-5,7H2,1H3. The second kappa shape index (κ2) is 5.76. The van der Waals surface area contributed by atoms with Crippen LogP contribution in [0.2, 0.25) is 5.02 Å². The van der Waals surface area contributed by atoms with Crippen LogP contribution in [-0.2, 0) is 0 Å². The summed E-state index contributed by atoms with van der Waals surface area (Å²) in [4.78, 5) is 24.0. The molecule has 1 saturated heterocycles. The quantitative estimate of drug-likeness (QED) is 0.669. The van der Waals surface area contributed by atoms with Crippen molar-refractivity contribution in [2.24, 2.45) is 5.92 Å². The van der Waals surface area contributed by atoms with Crippen LogP contribution in [0.4, 0.5) is 5.69 Å². The van der Waals surface area contributed by atoms with Crippen molar-refractivity contribution in [2.45, 2.75) is 19.4 Å². The van der Waals surface area contributed by atoms with Crippen molar-refractivity contribution in [3.8, 4) is 0 Å². The van der Waals surface area contributed by atoms with E-state index in [1.165, 1.54) is 18.2 Å². The minimum Gasteiger partial charge on any atom is -0.393 e.